The molecule has 1 aromatic heterocycles. The van der Waals surface area contributed by atoms with Gasteiger partial charge in [0.15, 0.2) is 18.1 Å². The van der Waals surface area contributed by atoms with E-state index in [4.69, 9.17) is 37.3 Å². The van der Waals surface area contributed by atoms with E-state index in [1.807, 2.05) is 13.0 Å². The second-order valence-electron chi connectivity index (χ2n) is 7.29. The number of aryl methyl sites for hydroxylation is 1. The van der Waals surface area contributed by atoms with Crippen molar-refractivity contribution in [1.29, 1.82) is 5.26 Å². The normalized spacial score (nSPS) is 14.8. The predicted molar refractivity (Wildman–Crippen MR) is 120 cm³/mol. The van der Waals surface area contributed by atoms with Gasteiger partial charge < -0.3 is 25.7 Å². The molecule has 2 heterocycles. The van der Waals surface area contributed by atoms with Crippen LogP contribution in [0.2, 0.25) is 5.02 Å². The third kappa shape index (κ3) is 4.04. The lowest BCUT2D eigenvalue weighted by molar-refractivity contribution is -0.119. The van der Waals surface area contributed by atoms with Crippen molar-refractivity contribution in [3.8, 4) is 29.1 Å². The van der Waals surface area contributed by atoms with E-state index in [9.17, 15) is 10.1 Å². The summed E-state index contributed by atoms with van der Waals surface area (Å²) in [4.78, 5) is 11.1. The first-order chi connectivity index (χ1) is 15.8. The van der Waals surface area contributed by atoms with Crippen LogP contribution in [0.5, 0.6) is 17.4 Å². The number of methoxy groups -OCH3 is 1. The molecule has 1 amide bonds. The summed E-state index contributed by atoms with van der Waals surface area (Å²) in [5.74, 6) is -0.0883. The van der Waals surface area contributed by atoms with Gasteiger partial charge in [-0.2, -0.15) is 10.4 Å². The van der Waals surface area contributed by atoms with E-state index in [1.165, 1.54) is 7.11 Å². The first kappa shape index (κ1) is 22.0. The third-order valence-electron chi connectivity index (χ3n) is 5.18. The molecule has 1 atom stereocenters. The summed E-state index contributed by atoms with van der Waals surface area (Å²) in [5.41, 5.74) is 14.3. The van der Waals surface area contributed by atoms with Gasteiger partial charge in [-0.3, -0.25) is 4.79 Å². The highest BCUT2D eigenvalue weighted by Crippen LogP contribution is 2.46. The molecule has 0 saturated heterocycles. The molecule has 33 heavy (non-hydrogen) atoms. The molecule has 10 heteroatoms. The Balaban J connectivity index is 1.86. The largest absolute Gasteiger partial charge is 0.493 e. The molecule has 0 spiro atoms. The molecule has 4 N–H and O–H groups in total. The molecule has 2 aromatic carbocycles. The number of hydrogen-bond acceptors (Lipinski definition) is 7. The standard InChI is InChI=1S/C23H20ClN5O4/c1-12-20-21(13-6-7-17(18(8-13)31-2)32-11-19(26)30)16(10-25)22(27)33-23(20)29(28-12)15-5-3-4-14(24)9-15/h3-9,21H,11,27H2,1-2H3,(H2,26,30)/t21-/m1/s1. The lowest BCUT2D eigenvalue weighted by Crippen LogP contribution is -2.22. The van der Waals surface area contributed by atoms with E-state index in [-0.39, 0.29) is 18.1 Å². The Hall–Kier alpha value is -4.16. The number of carbonyl (C=O) groups is 1. The number of fused-ring (bicyclic) bond motifs is 1. The van der Waals surface area contributed by atoms with Crippen LogP contribution in [0.4, 0.5) is 0 Å². The number of nitrogens with zero attached hydrogens (tertiary/aromatic N) is 3. The maximum atomic E-state index is 11.1. The lowest BCUT2D eigenvalue weighted by atomic mass is 9.84. The minimum Gasteiger partial charge on any atom is -0.493 e. The number of primary amides is 1. The quantitative estimate of drug-likeness (QED) is 0.570. The molecule has 0 fully saturated rings. The molecule has 1 aliphatic heterocycles. The molecule has 0 unspecified atom stereocenters. The number of rotatable bonds is 6. The van der Waals surface area contributed by atoms with Gasteiger partial charge in [-0.1, -0.05) is 23.7 Å². The van der Waals surface area contributed by atoms with Gasteiger partial charge in [-0.25, -0.2) is 4.68 Å². The van der Waals surface area contributed by atoms with Gasteiger partial charge in [0, 0.05) is 5.02 Å². The third-order valence-corrected chi connectivity index (χ3v) is 5.41. The van der Waals surface area contributed by atoms with Crippen molar-refractivity contribution in [3.63, 3.8) is 0 Å². The maximum Gasteiger partial charge on any atom is 0.255 e. The molecular weight excluding hydrogens is 446 g/mol. The number of hydrogen-bond donors (Lipinski definition) is 2. The first-order valence-corrected chi connectivity index (χ1v) is 10.2. The minimum atomic E-state index is -0.610. The molecule has 0 bridgehead atoms. The zero-order valence-corrected chi connectivity index (χ0v) is 18.6. The molecule has 4 rings (SSSR count). The van der Waals surface area contributed by atoms with Crippen LogP contribution in [0.3, 0.4) is 0 Å². The highest BCUT2D eigenvalue weighted by molar-refractivity contribution is 6.30. The van der Waals surface area contributed by atoms with Crippen LogP contribution in [0.1, 0.15) is 22.7 Å². The fraction of sp³-hybridized carbons (Fsp3) is 0.174. The van der Waals surface area contributed by atoms with E-state index in [2.05, 4.69) is 11.2 Å². The number of amides is 1. The second kappa shape index (κ2) is 8.76. The molecule has 0 saturated carbocycles. The summed E-state index contributed by atoms with van der Waals surface area (Å²) in [6.45, 7) is 1.53. The Morgan fingerprint density at radius 2 is 2.09 bits per heavy atom. The smallest absolute Gasteiger partial charge is 0.255 e. The average molecular weight is 466 g/mol. The Kier molecular flexibility index (Phi) is 5.85. The van der Waals surface area contributed by atoms with Crippen LogP contribution < -0.4 is 25.7 Å². The zero-order chi connectivity index (χ0) is 23.7. The van der Waals surface area contributed by atoms with Crippen molar-refractivity contribution in [2.45, 2.75) is 12.8 Å². The van der Waals surface area contributed by atoms with Gasteiger partial charge in [0.2, 0.25) is 11.8 Å². The van der Waals surface area contributed by atoms with E-state index in [0.717, 1.165) is 0 Å². The number of halogens is 1. The number of carbonyl (C=O) groups excluding carboxylic acids is 1. The maximum absolute atomic E-state index is 11.1. The van der Waals surface area contributed by atoms with Crippen molar-refractivity contribution < 1.29 is 19.0 Å². The first-order valence-electron chi connectivity index (χ1n) is 9.86. The summed E-state index contributed by atoms with van der Waals surface area (Å²) in [6.07, 6.45) is 0. The van der Waals surface area contributed by atoms with Gasteiger partial charge in [0.25, 0.3) is 5.91 Å². The van der Waals surface area contributed by atoms with Crippen LogP contribution in [0.15, 0.2) is 53.9 Å². The number of aromatic nitrogens is 2. The van der Waals surface area contributed by atoms with Gasteiger partial charge in [0.1, 0.15) is 11.6 Å². The molecule has 1 aliphatic rings. The van der Waals surface area contributed by atoms with E-state index in [0.29, 0.717) is 44.9 Å². The highest BCUT2D eigenvalue weighted by Gasteiger charge is 2.36. The van der Waals surface area contributed by atoms with Crippen molar-refractivity contribution in [3.05, 3.63) is 75.8 Å². The molecule has 9 nitrogen and oxygen atoms in total. The van der Waals surface area contributed by atoms with Crippen LogP contribution in [-0.2, 0) is 4.79 Å². The summed E-state index contributed by atoms with van der Waals surface area (Å²) in [5, 5.41) is 15.0. The minimum absolute atomic E-state index is 0.0220. The van der Waals surface area contributed by atoms with Gasteiger partial charge >= 0.3 is 0 Å². The number of benzene rings is 2. The van der Waals surface area contributed by atoms with Crippen molar-refractivity contribution in [2.75, 3.05) is 13.7 Å². The zero-order valence-electron chi connectivity index (χ0n) is 17.8. The van der Waals surface area contributed by atoms with E-state index in [1.54, 1.807) is 41.1 Å². The molecular formula is C23H20ClN5O4. The second-order valence-corrected chi connectivity index (χ2v) is 7.72. The van der Waals surface area contributed by atoms with Gasteiger partial charge in [0.05, 0.1) is 30.0 Å². The monoisotopic (exact) mass is 465 g/mol. The van der Waals surface area contributed by atoms with Gasteiger partial charge in [-0.15, -0.1) is 0 Å². The fourth-order valence-corrected chi connectivity index (χ4v) is 3.95. The average Bonchev–Trinajstić information content (AvgIpc) is 3.12. The van der Waals surface area contributed by atoms with Gasteiger partial charge in [-0.05, 0) is 42.8 Å². The number of allylic oxidation sites excluding steroid dienone is 1. The summed E-state index contributed by atoms with van der Waals surface area (Å²) in [6, 6.07) is 14.4. The number of nitrogens with two attached hydrogens (primary N) is 2. The van der Waals surface area contributed by atoms with E-state index >= 15 is 0 Å². The predicted octanol–water partition coefficient (Wildman–Crippen LogP) is 2.93. The van der Waals surface area contributed by atoms with Crippen molar-refractivity contribution >= 4 is 17.5 Å². The van der Waals surface area contributed by atoms with Crippen LogP contribution in [0.25, 0.3) is 5.69 Å². The molecule has 0 radical (unpaired) electrons. The summed E-state index contributed by atoms with van der Waals surface area (Å²) in [7, 11) is 1.48. The molecule has 168 valence electrons. The Labute approximate surface area is 194 Å². The topological polar surface area (TPSA) is 138 Å². The number of nitriles is 1. The van der Waals surface area contributed by atoms with Crippen molar-refractivity contribution in [1.82, 2.24) is 9.78 Å². The fourth-order valence-electron chi connectivity index (χ4n) is 3.76. The Morgan fingerprint density at radius 1 is 1.30 bits per heavy atom. The van der Waals surface area contributed by atoms with Crippen LogP contribution >= 0.6 is 11.6 Å². The number of ether oxygens (including phenoxy) is 3. The Bertz CT molecular complexity index is 1320. The summed E-state index contributed by atoms with van der Waals surface area (Å²) < 4.78 is 18.3. The Morgan fingerprint density at radius 3 is 2.76 bits per heavy atom. The van der Waals surface area contributed by atoms with Crippen molar-refractivity contribution in [2.24, 2.45) is 11.5 Å². The van der Waals surface area contributed by atoms with Crippen LogP contribution in [0, 0.1) is 18.3 Å². The molecule has 3 aromatic rings. The van der Waals surface area contributed by atoms with Crippen LogP contribution in [-0.4, -0.2) is 29.4 Å². The summed E-state index contributed by atoms with van der Waals surface area (Å²) >= 11 is 6.16. The highest BCUT2D eigenvalue weighted by atomic mass is 35.5. The SMILES string of the molecule is COc1cc([C@@H]2C(C#N)=C(N)Oc3c2c(C)nn3-c2cccc(Cl)c2)ccc1OCC(N)=O. The molecule has 0 aliphatic carbocycles. The lowest BCUT2D eigenvalue weighted by Gasteiger charge is -2.25. The van der Waals surface area contributed by atoms with E-state index < -0.39 is 11.8 Å².